The van der Waals surface area contributed by atoms with Gasteiger partial charge in [0, 0.05) is 20.1 Å². The molecule has 0 aliphatic rings. The van der Waals surface area contributed by atoms with Gasteiger partial charge >= 0.3 is 0 Å². The van der Waals surface area contributed by atoms with Crippen LogP contribution in [0.5, 0.6) is 0 Å². The summed E-state index contributed by atoms with van der Waals surface area (Å²) < 4.78 is 1.39. The predicted octanol–water partition coefficient (Wildman–Crippen LogP) is 3.66. The lowest BCUT2D eigenvalue weighted by atomic mass is 10.2. The van der Waals surface area contributed by atoms with Gasteiger partial charge in [-0.25, -0.2) is 0 Å². The molecule has 1 heterocycles. The highest BCUT2D eigenvalue weighted by Crippen LogP contribution is 2.35. The lowest BCUT2D eigenvalue weighted by Gasteiger charge is -2.22. The van der Waals surface area contributed by atoms with E-state index in [4.69, 9.17) is 27.9 Å². The fourth-order valence-corrected chi connectivity index (χ4v) is 2.62. The number of nitriles is 2. The van der Waals surface area contributed by atoms with E-state index >= 15 is 0 Å². The van der Waals surface area contributed by atoms with Gasteiger partial charge in [0.15, 0.2) is 11.4 Å². The number of hydrogen-bond acceptors (Lipinski definition) is 7. The largest absolute Gasteiger partial charge is 0.397 e. The van der Waals surface area contributed by atoms with E-state index in [0.29, 0.717) is 16.4 Å². The Morgan fingerprint density at radius 3 is 2.44 bits per heavy atom. The Hall–Kier alpha value is -3.10. The van der Waals surface area contributed by atoms with Crippen molar-refractivity contribution in [1.29, 1.82) is 10.5 Å². The Kier molecular flexibility index (Phi) is 5.58. The van der Waals surface area contributed by atoms with Crippen LogP contribution in [0, 0.1) is 22.7 Å². The lowest BCUT2D eigenvalue weighted by Crippen LogP contribution is -2.22. The van der Waals surface area contributed by atoms with Crippen LogP contribution in [0.25, 0.3) is 0 Å². The number of benzene rings is 1. The molecule has 0 saturated heterocycles. The minimum Gasteiger partial charge on any atom is -0.397 e. The van der Waals surface area contributed by atoms with Gasteiger partial charge in [0.05, 0.1) is 16.4 Å². The molecule has 9 heteroatoms. The van der Waals surface area contributed by atoms with Gasteiger partial charge in [0.2, 0.25) is 0 Å². The lowest BCUT2D eigenvalue weighted by molar-refractivity contribution is 0.866. The molecule has 0 unspecified atom stereocenters. The maximum absolute atomic E-state index is 9.06. The van der Waals surface area contributed by atoms with E-state index in [-0.39, 0.29) is 17.3 Å². The van der Waals surface area contributed by atoms with E-state index in [1.807, 2.05) is 26.0 Å². The highest BCUT2D eigenvalue weighted by Gasteiger charge is 2.14. The van der Waals surface area contributed by atoms with Gasteiger partial charge in [-0.05, 0) is 26.0 Å². The molecule has 2 N–H and O–H groups in total. The number of halogens is 1. The Labute approximate surface area is 150 Å². The zero-order chi connectivity index (χ0) is 18.6. The third-order valence-electron chi connectivity index (χ3n) is 3.73. The molecule has 0 amide bonds. The topological polar surface area (TPSA) is 119 Å². The van der Waals surface area contributed by atoms with E-state index in [2.05, 4.69) is 20.1 Å². The second-order valence-corrected chi connectivity index (χ2v) is 5.53. The summed E-state index contributed by atoms with van der Waals surface area (Å²) in [5.74, 6) is 0.136. The van der Waals surface area contributed by atoms with Crippen molar-refractivity contribution in [2.75, 3.05) is 23.7 Å². The van der Waals surface area contributed by atoms with Gasteiger partial charge in [-0.2, -0.15) is 15.5 Å². The summed E-state index contributed by atoms with van der Waals surface area (Å²) in [4.78, 5) is 6.06. The third kappa shape index (κ3) is 3.54. The van der Waals surface area contributed by atoms with Gasteiger partial charge < -0.3 is 15.2 Å². The summed E-state index contributed by atoms with van der Waals surface area (Å²) >= 11 is 6.34. The van der Waals surface area contributed by atoms with Crippen LogP contribution < -0.4 is 10.6 Å². The summed E-state index contributed by atoms with van der Waals surface area (Å²) in [7, 11) is 1.58. The van der Waals surface area contributed by atoms with Gasteiger partial charge in [-0.1, -0.05) is 11.6 Å². The smallest absolute Gasteiger partial charge is 0.251 e. The van der Waals surface area contributed by atoms with Crippen LogP contribution in [0.2, 0.25) is 5.02 Å². The molecule has 0 spiro atoms. The molecule has 1 aromatic heterocycles. The van der Waals surface area contributed by atoms with Crippen molar-refractivity contribution in [3.05, 3.63) is 28.5 Å². The van der Waals surface area contributed by atoms with Crippen LogP contribution in [0.3, 0.4) is 0 Å². The third-order valence-corrected chi connectivity index (χ3v) is 4.03. The Bertz CT molecular complexity index is 896. The van der Waals surface area contributed by atoms with Gasteiger partial charge in [-0.3, -0.25) is 0 Å². The number of azo groups is 1. The fourth-order valence-electron chi connectivity index (χ4n) is 2.34. The Balaban J connectivity index is 2.41. The van der Waals surface area contributed by atoms with Crippen molar-refractivity contribution < 1.29 is 0 Å². The van der Waals surface area contributed by atoms with Crippen molar-refractivity contribution in [2.45, 2.75) is 13.8 Å². The highest BCUT2D eigenvalue weighted by molar-refractivity contribution is 6.33. The predicted molar refractivity (Wildman–Crippen MR) is 96.2 cm³/mol. The fraction of sp³-hybridized carbons (Fsp3) is 0.312. The van der Waals surface area contributed by atoms with E-state index in [1.54, 1.807) is 19.2 Å². The average Bonchev–Trinajstić information content (AvgIpc) is 2.92. The van der Waals surface area contributed by atoms with E-state index < -0.39 is 0 Å². The molecule has 0 bridgehead atoms. The second kappa shape index (κ2) is 7.65. The van der Waals surface area contributed by atoms with Gasteiger partial charge in [0.1, 0.15) is 17.8 Å². The number of nitrogen functional groups attached to an aromatic ring is 1. The minimum atomic E-state index is 0.00170. The molecular formula is C16H17ClN8. The molecule has 0 aliphatic carbocycles. The molecule has 0 atom stereocenters. The summed E-state index contributed by atoms with van der Waals surface area (Å²) in [6.45, 7) is 5.67. The molecular weight excluding hydrogens is 340 g/mol. The molecule has 2 rings (SSSR count). The number of rotatable bonds is 5. The van der Waals surface area contributed by atoms with Crippen LogP contribution in [0.4, 0.5) is 23.0 Å². The van der Waals surface area contributed by atoms with Crippen molar-refractivity contribution in [3.63, 3.8) is 0 Å². The summed E-state index contributed by atoms with van der Waals surface area (Å²) in [6.07, 6.45) is 0. The van der Waals surface area contributed by atoms with Crippen LogP contribution in [-0.4, -0.2) is 22.6 Å². The summed E-state index contributed by atoms with van der Waals surface area (Å²) in [6, 6.07) is 7.15. The SMILES string of the molecule is CCN(CC)c1cc(N)c(N=Nc2nc(C#N)c(C#N)n2C)cc1Cl. The normalized spacial score (nSPS) is 10.6. The number of nitrogens with zero attached hydrogens (tertiary/aromatic N) is 7. The molecule has 25 heavy (non-hydrogen) atoms. The molecule has 0 fully saturated rings. The number of aromatic nitrogens is 2. The Morgan fingerprint density at radius 2 is 1.92 bits per heavy atom. The monoisotopic (exact) mass is 356 g/mol. The average molecular weight is 357 g/mol. The number of imidazole rings is 1. The number of anilines is 2. The summed E-state index contributed by atoms with van der Waals surface area (Å²) in [5, 5.41) is 26.6. The van der Waals surface area contributed by atoms with E-state index in [9.17, 15) is 0 Å². The number of hydrogen-bond donors (Lipinski definition) is 1. The maximum Gasteiger partial charge on any atom is 0.251 e. The van der Waals surface area contributed by atoms with Crippen molar-refractivity contribution in [1.82, 2.24) is 9.55 Å². The van der Waals surface area contributed by atoms with Crippen molar-refractivity contribution in [2.24, 2.45) is 17.3 Å². The molecule has 8 nitrogen and oxygen atoms in total. The molecule has 2 aromatic rings. The van der Waals surface area contributed by atoms with Gasteiger partial charge in [-0.15, -0.1) is 10.2 Å². The maximum atomic E-state index is 9.06. The number of nitrogens with two attached hydrogens (primary N) is 1. The summed E-state index contributed by atoms with van der Waals surface area (Å²) in [5.41, 5.74) is 7.83. The van der Waals surface area contributed by atoms with E-state index in [0.717, 1.165) is 18.8 Å². The highest BCUT2D eigenvalue weighted by atomic mass is 35.5. The molecule has 0 aliphatic heterocycles. The zero-order valence-corrected chi connectivity index (χ0v) is 14.9. The van der Waals surface area contributed by atoms with Crippen LogP contribution in [-0.2, 0) is 7.05 Å². The van der Waals surface area contributed by atoms with Crippen LogP contribution >= 0.6 is 11.6 Å². The molecule has 1 aromatic carbocycles. The van der Waals surface area contributed by atoms with Crippen molar-refractivity contribution in [3.8, 4) is 12.1 Å². The molecule has 128 valence electrons. The quantitative estimate of drug-likeness (QED) is 0.647. The first kappa shape index (κ1) is 18.2. The standard InChI is InChI=1S/C16H17ClN8/c1-4-25(5-2)14-7-11(20)12(6-10(14)17)22-23-16-21-13(8-18)15(9-19)24(16)3/h6-7H,4-5,20H2,1-3H3. The van der Waals surface area contributed by atoms with Crippen LogP contribution in [0.1, 0.15) is 25.2 Å². The first-order valence-electron chi connectivity index (χ1n) is 7.59. The molecule has 0 saturated carbocycles. The minimum absolute atomic E-state index is 0.00170. The van der Waals surface area contributed by atoms with Crippen molar-refractivity contribution >= 4 is 34.6 Å². The molecule has 0 radical (unpaired) electrons. The van der Waals surface area contributed by atoms with Gasteiger partial charge in [0.25, 0.3) is 5.95 Å². The Morgan fingerprint density at radius 1 is 1.24 bits per heavy atom. The van der Waals surface area contributed by atoms with Crippen LogP contribution in [0.15, 0.2) is 22.4 Å². The first-order valence-corrected chi connectivity index (χ1v) is 7.97. The zero-order valence-electron chi connectivity index (χ0n) is 14.2. The second-order valence-electron chi connectivity index (χ2n) is 5.13. The van der Waals surface area contributed by atoms with E-state index in [1.165, 1.54) is 4.57 Å². The first-order chi connectivity index (χ1) is 12.0.